The molecule has 0 aliphatic carbocycles. The van der Waals surface area contributed by atoms with Crippen molar-refractivity contribution in [2.75, 3.05) is 41.3 Å². The Balaban J connectivity index is 1.20. The molecule has 0 atom stereocenters. The standard InChI is InChI=1S/C27H26N4O3S/c1-17-15-23-24(16-18(17)2)35-27(28-23)29-25(32)19-3-7-21(8-4-19)30-11-13-31(14-12-30)22-9-5-20(6-10-22)26(33)34/h3-10,15-16H,11-14H2,1-2H3,(H,33,34)(H,28,29,32). The molecule has 1 amide bonds. The molecule has 4 aromatic rings. The highest BCUT2D eigenvalue weighted by Crippen LogP contribution is 2.29. The fourth-order valence-corrected chi connectivity index (χ4v) is 5.20. The van der Waals surface area contributed by atoms with Gasteiger partial charge in [-0.3, -0.25) is 10.1 Å². The summed E-state index contributed by atoms with van der Waals surface area (Å²) >= 11 is 1.48. The van der Waals surface area contributed by atoms with E-state index >= 15 is 0 Å². The fraction of sp³-hybridized carbons (Fsp3) is 0.222. The lowest BCUT2D eigenvalue weighted by Crippen LogP contribution is -2.46. The molecule has 0 radical (unpaired) electrons. The molecule has 3 aromatic carbocycles. The Morgan fingerprint density at radius 3 is 1.89 bits per heavy atom. The van der Waals surface area contributed by atoms with Gasteiger partial charge in [-0.15, -0.1) is 0 Å². The minimum atomic E-state index is -0.913. The SMILES string of the molecule is Cc1cc2nc(NC(=O)c3ccc(N4CCN(c5ccc(C(=O)O)cc5)CC4)cc3)sc2cc1C. The zero-order valence-corrected chi connectivity index (χ0v) is 20.4. The number of thiazole rings is 1. The van der Waals surface area contributed by atoms with Gasteiger partial charge >= 0.3 is 5.97 Å². The Labute approximate surface area is 207 Å². The van der Waals surface area contributed by atoms with Crippen molar-refractivity contribution in [3.63, 3.8) is 0 Å². The Kier molecular flexibility index (Phi) is 6.13. The van der Waals surface area contributed by atoms with Crippen molar-refractivity contribution in [2.45, 2.75) is 13.8 Å². The van der Waals surface area contributed by atoms with Crippen molar-refractivity contribution >= 4 is 49.9 Å². The van der Waals surface area contributed by atoms with Crippen LogP contribution in [0.5, 0.6) is 0 Å². The maximum atomic E-state index is 12.8. The zero-order valence-electron chi connectivity index (χ0n) is 19.6. The van der Waals surface area contributed by atoms with E-state index in [-0.39, 0.29) is 5.91 Å². The molecule has 5 rings (SSSR count). The number of amides is 1. The molecule has 1 aliphatic rings. The number of anilines is 3. The lowest BCUT2D eigenvalue weighted by Gasteiger charge is -2.37. The molecule has 178 valence electrons. The molecule has 0 spiro atoms. The van der Waals surface area contributed by atoms with E-state index in [1.807, 2.05) is 36.4 Å². The first-order valence-electron chi connectivity index (χ1n) is 11.5. The van der Waals surface area contributed by atoms with Gasteiger partial charge in [0.2, 0.25) is 0 Å². The van der Waals surface area contributed by atoms with Crippen LogP contribution in [0.3, 0.4) is 0 Å². The largest absolute Gasteiger partial charge is 0.478 e. The number of carbonyl (C=O) groups is 2. The lowest BCUT2D eigenvalue weighted by atomic mass is 10.1. The second-order valence-electron chi connectivity index (χ2n) is 8.75. The summed E-state index contributed by atoms with van der Waals surface area (Å²) in [5, 5.41) is 12.6. The number of nitrogens with one attached hydrogen (secondary N) is 1. The third-order valence-corrected chi connectivity index (χ3v) is 7.41. The Bertz CT molecular complexity index is 1350. The molecule has 7 nitrogen and oxygen atoms in total. The van der Waals surface area contributed by atoms with Crippen LogP contribution in [0.1, 0.15) is 31.8 Å². The number of aryl methyl sites for hydroxylation is 2. The predicted molar refractivity (Wildman–Crippen MR) is 141 cm³/mol. The van der Waals surface area contributed by atoms with E-state index in [2.05, 4.69) is 46.1 Å². The van der Waals surface area contributed by atoms with Crippen LogP contribution in [0.15, 0.2) is 60.7 Å². The molecule has 1 saturated heterocycles. The van der Waals surface area contributed by atoms with Crippen LogP contribution in [0, 0.1) is 13.8 Å². The zero-order chi connectivity index (χ0) is 24.5. The average molecular weight is 487 g/mol. The third-order valence-electron chi connectivity index (χ3n) is 6.48. The average Bonchev–Trinajstić information content (AvgIpc) is 3.25. The van der Waals surface area contributed by atoms with Gasteiger partial charge in [0.15, 0.2) is 5.13 Å². The summed E-state index contributed by atoms with van der Waals surface area (Å²) in [6.45, 7) is 7.50. The van der Waals surface area contributed by atoms with Gasteiger partial charge in [-0.25, -0.2) is 9.78 Å². The fourth-order valence-electron chi connectivity index (χ4n) is 4.26. The highest BCUT2D eigenvalue weighted by atomic mass is 32.1. The van der Waals surface area contributed by atoms with E-state index < -0.39 is 5.97 Å². The van der Waals surface area contributed by atoms with Gasteiger partial charge in [-0.1, -0.05) is 11.3 Å². The van der Waals surface area contributed by atoms with Gasteiger partial charge in [0.25, 0.3) is 5.91 Å². The molecule has 1 aliphatic heterocycles. The molecule has 1 fully saturated rings. The second kappa shape index (κ2) is 9.38. The van der Waals surface area contributed by atoms with E-state index in [1.54, 1.807) is 12.1 Å². The maximum absolute atomic E-state index is 12.8. The lowest BCUT2D eigenvalue weighted by molar-refractivity contribution is 0.0696. The molecule has 0 bridgehead atoms. The summed E-state index contributed by atoms with van der Waals surface area (Å²) in [4.78, 5) is 32.9. The van der Waals surface area contributed by atoms with Crippen molar-refractivity contribution < 1.29 is 14.7 Å². The molecule has 1 aromatic heterocycles. The minimum absolute atomic E-state index is 0.168. The minimum Gasteiger partial charge on any atom is -0.478 e. The number of hydrogen-bond acceptors (Lipinski definition) is 6. The molecule has 8 heteroatoms. The van der Waals surface area contributed by atoms with E-state index in [0.717, 1.165) is 47.8 Å². The van der Waals surface area contributed by atoms with E-state index in [4.69, 9.17) is 5.11 Å². The molecule has 35 heavy (non-hydrogen) atoms. The molecule has 0 unspecified atom stereocenters. The number of aromatic nitrogens is 1. The number of nitrogens with zero attached hydrogens (tertiary/aromatic N) is 3. The van der Waals surface area contributed by atoms with E-state index in [1.165, 1.54) is 22.5 Å². The van der Waals surface area contributed by atoms with Gasteiger partial charge in [-0.2, -0.15) is 0 Å². The summed E-state index contributed by atoms with van der Waals surface area (Å²) in [5.41, 5.74) is 6.30. The van der Waals surface area contributed by atoms with Gasteiger partial charge in [0.05, 0.1) is 15.8 Å². The first-order chi connectivity index (χ1) is 16.9. The number of benzene rings is 3. The number of carboxylic acid groups (broad SMARTS) is 1. The van der Waals surface area contributed by atoms with Crippen molar-refractivity contribution in [3.8, 4) is 0 Å². The normalized spacial score (nSPS) is 13.8. The van der Waals surface area contributed by atoms with Crippen molar-refractivity contribution in [2.24, 2.45) is 0 Å². The topological polar surface area (TPSA) is 85.8 Å². The summed E-state index contributed by atoms with van der Waals surface area (Å²) in [7, 11) is 0. The van der Waals surface area contributed by atoms with Crippen LogP contribution in [0.4, 0.5) is 16.5 Å². The highest BCUT2D eigenvalue weighted by molar-refractivity contribution is 7.22. The van der Waals surface area contributed by atoms with Crippen molar-refractivity contribution in [3.05, 3.63) is 82.9 Å². The van der Waals surface area contributed by atoms with Crippen LogP contribution in [-0.4, -0.2) is 48.1 Å². The number of piperazine rings is 1. The van der Waals surface area contributed by atoms with E-state index in [9.17, 15) is 9.59 Å². The monoisotopic (exact) mass is 486 g/mol. The second-order valence-corrected chi connectivity index (χ2v) is 9.78. The number of hydrogen-bond donors (Lipinski definition) is 2. The van der Waals surface area contributed by atoms with Gasteiger partial charge < -0.3 is 14.9 Å². The molecule has 2 N–H and O–H groups in total. The van der Waals surface area contributed by atoms with Gasteiger partial charge in [-0.05, 0) is 85.6 Å². The maximum Gasteiger partial charge on any atom is 0.335 e. The molecular formula is C27H26N4O3S. The summed E-state index contributed by atoms with van der Waals surface area (Å²) in [6, 6.07) is 18.8. The first kappa shape index (κ1) is 22.9. The van der Waals surface area contributed by atoms with Crippen molar-refractivity contribution in [1.82, 2.24) is 4.98 Å². The quantitative estimate of drug-likeness (QED) is 0.404. The van der Waals surface area contributed by atoms with Gasteiger partial charge in [0.1, 0.15) is 0 Å². The Morgan fingerprint density at radius 1 is 0.829 bits per heavy atom. The molecule has 2 heterocycles. The van der Waals surface area contributed by atoms with Crippen LogP contribution in [0.25, 0.3) is 10.2 Å². The van der Waals surface area contributed by atoms with Crippen LogP contribution in [-0.2, 0) is 0 Å². The number of fused-ring (bicyclic) bond motifs is 1. The van der Waals surface area contributed by atoms with Crippen molar-refractivity contribution in [1.29, 1.82) is 0 Å². The number of rotatable bonds is 5. The third kappa shape index (κ3) is 4.83. The van der Waals surface area contributed by atoms with Crippen LogP contribution >= 0.6 is 11.3 Å². The summed E-state index contributed by atoms with van der Waals surface area (Å²) in [6.07, 6.45) is 0. The Hall–Kier alpha value is -3.91. The number of carbonyl (C=O) groups excluding carboxylic acids is 1. The van der Waals surface area contributed by atoms with Crippen LogP contribution in [0.2, 0.25) is 0 Å². The van der Waals surface area contributed by atoms with Gasteiger partial charge in [0, 0.05) is 43.1 Å². The molecular weight excluding hydrogens is 460 g/mol. The summed E-state index contributed by atoms with van der Waals surface area (Å²) < 4.78 is 1.07. The highest BCUT2D eigenvalue weighted by Gasteiger charge is 2.19. The number of aromatic carboxylic acids is 1. The summed E-state index contributed by atoms with van der Waals surface area (Å²) in [5.74, 6) is -1.08. The number of carboxylic acids is 1. The van der Waals surface area contributed by atoms with Crippen LogP contribution < -0.4 is 15.1 Å². The first-order valence-corrected chi connectivity index (χ1v) is 12.3. The van der Waals surface area contributed by atoms with E-state index in [0.29, 0.717) is 16.3 Å². The molecule has 0 saturated carbocycles. The Morgan fingerprint density at radius 2 is 1.34 bits per heavy atom. The smallest absolute Gasteiger partial charge is 0.335 e. The predicted octanol–water partition coefficient (Wildman–Crippen LogP) is 5.19.